The third-order valence-electron chi connectivity index (χ3n) is 3.05. The molecule has 0 saturated carbocycles. The van der Waals surface area contributed by atoms with Crippen LogP contribution in [0.5, 0.6) is 0 Å². The smallest absolute Gasteiger partial charge is 0.191 e. The van der Waals surface area contributed by atoms with E-state index in [1.54, 1.807) is 18.4 Å². The minimum absolute atomic E-state index is 0.269. The topological polar surface area (TPSA) is 45.7 Å². The van der Waals surface area contributed by atoms with Gasteiger partial charge in [-0.25, -0.2) is 0 Å². The van der Waals surface area contributed by atoms with Crippen molar-refractivity contribution in [2.45, 2.75) is 13.3 Å². The van der Waals surface area contributed by atoms with Crippen LogP contribution in [-0.4, -0.2) is 39.3 Å². The summed E-state index contributed by atoms with van der Waals surface area (Å²) in [5.74, 6) is 0.875. The molecule has 0 amide bonds. The van der Waals surface area contributed by atoms with Crippen molar-refractivity contribution < 1.29 is 4.74 Å². The number of aliphatic imine (C=N–C) groups is 1. The Kier molecular flexibility index (Phi) is 4.60. The van der Waals surface area contributed by atoms with Crippen LogP contribution in [0.3, 0.4) is 0 Å². The van der Waals surface area contributed by atoms with Crippen LogP contribution in [0, 0.1) is 5.41 Å². The van der Waals surface area contributed by atoms with Crippen LogP contribution in [-0.2, 0) is 11.2 Å². The minimum atomic E-state index is 0.269. The maximum atomic E-state index is 5.24. The number of hydrogen-bond acceptors (Lipinski definition) is 3. The second kappa shape index (κ2) is 6.20. The lowest BCUT2D eigenvalue weighted by Crippen LogP contribution is -2.51. The van der Waals surface area contributed by atoms with Crippen molar-refractivity contribution in [3.05, 3.63) is 22.4 Å². The molecule has 1 aromatic heterocycles. The number of nitrogens with one attached hydrogen (secondary N) is 2. The van der Waals surface area contributed by atoms with Crippen LogP contribution in [0.15, 0.2) is 22.5 Å². The molecule has 0 aliphatic carbocycles. The third kappa shape index (κ3) is 3.71. The van der Waals surface area contributed by atoms with Gasteiger partial charge in [0.1, 0.15) is 0 Å². The van der Waals surface area contributed by atoms with Crippen LogP contribution < -0.4 is 10.6 Å². The van der Waals surface area contributed by atoms with E-state index in [0.29, 0.717) is 0 Å². The molecule has 0 spiro atoms. The molecule has 0 atom stereocenters. The third-order valence-corrected chi connectivity index (χ3v) is 3.99. The molecule has 1 saturated heterocycles. The average molecular weight is 267 g/mol. The zero-order valence-corrected chi connectivity index (χ0v) is 11.8. The van der Waals surface area contributed by atoms with E-state index in [2.05, 4.69) is 40.1 Å². The molecule has 1 aromatic rings. The Morgan fingerprint density at radius 2 is 2.33 bits per heavy atom. The molecule has 1 aliphatic rings. The molecule has 0 bridgehead atoms. The molecule has 5 heteroatoms. The number of hydrogen-bond donors (Lipinski definition) is 2. The van der Waals surface area contributed by atoms with Crippen molar-refractivity contribution in [1.29, 1.82) is 0 Å². The van der Waals surface area contributed by atoms with Gasteiger partial charge in [0.2, 0.25) is 0 Å². The van der Waals surface area contributed by atoms with Crippen molar-refractivity contribution in [2.75, 3.05) is 33.4 Å². The van der Waals surface area contributed by atoms with Gasteiger partial charge < -0.3 is 15.4 Å². The first-order valence-electron chi connectivity index (χ1n) is 6.26. The van der Waals surface area contributed by atoms with Crippen molar-refractivity contribution in [3.63, 3.8) is 0 Å². The zero-order chi connectivity index (χ0) is 12.8. The van der Waals surface area contributed by atoms with Crippen LogP contribution in [0.2, 0.25) is 0 Å². The molecule has 0 unspecified atom stereocenters. The van der Waals surface area contributed by atoms with Gasteiger partial charge in [-0.2, -0.15) is 0 Å². The van der Waals surface area contributed by atoms with E-state index in [9.17, 15) is 0 Å². The molecule has 1 fully saturated rings. The normalized spacial score (nSPS) is 18.2. The highest BCUT2D eigenvalue weighted by Gasteiger charge is 2.33. The van der Waals surface area contributed by atoms with Gasteiger partial charge >= 0.3 is 0 Å². The number of guanidine groups is 1. The van der Waals surface area contributed by atoms with E-state index < -0.39 is 0 Å². The molecule has 2 rings (SSSR count). The first kappa shape index (κ1) is 13.4. The zero-order valence-electron chi connectivity index (χ0n) is 11.0. The van der Waals surface area contributed by atoms with Crippen molar-refractivity contribution in [2.24, 2.45) is 10.4 Å². The molecule has 1 aliphatic heterocycles. The summed E-state index contributed by atoms with van der Waals surface area (Å²) in [5, 5.41) is 8.80. The Morgan fingerprint density at radius 3 is 2.89 bits per heavy atom. The van der Waals surface area contributed by atoms with Gasteiger partial charge in [-0.1, -0.05) is 13.0 Å². The monoisotopic (exact) mass is 267 g/mol. The van der Waals surface area contributed by atoms with Gasteiger partial charge in [0.15, 0.2) is 5.96 Å². The van der Waals surface area contributed by atoms with E-state index in [0.717, 1.165) is 38.7 Å². The maximum absolute atomic E-state index is 5.24. The van der Waals surface area contributed by atoms with Crippen molar-refractivity contribution >= 4 is 17.3 Å². The molecular formula is C13H21N3OS. The highest BCUT2D eigenvalue weighted by molar-refractivity contribution is 7.09. The maximum Gasteiger partial charge on any atom is 0.191 e. The summed E-state index contributed by atoms with van der Waals surface area (Å²) in [6.07, 6.45) is 1.04. The largest absolute Gasteiger partial charge is 0.380 e. The first-order chi connectivity index (χ1) is 8.72. The van der Waals surface area contributed by atoms with E-state index in [-0.39, 0.29) is 5.41 Å². The lowest BCUT2D eigenvalue weighted by molar-refractivity contribution is -0.0971. The van der Waals surface area contributed by atoms with Gasteiger partial charge in [0.05, 0.1) is 13.2 Å². The molecule has 2 N–H and O–H groups in total. The van der Waals surface area contributed by atoms with E-state index in [1.807, 2.05) is 0 Å². The summed E-state index contributed by atoms with van der Waals surface area (Å²) in [7, 11) is 1.81. The highest BCUT2D eigenvalue weighted by Crippen LogP contribution is 2.24. The summed E-state index contributed by atoms with van der Waals surface area (Å²) in [6.45, 7) is 5.72. The minimum Gasteiger partial charge on any atom is -0.380 e. The predicted molar refractivity (Wildman–Crippen MR) is 76.3 cm³/mol. The molecule has 4 nitrogen and oxygen atoms in total. The Bertz CT molecular complexity index is 385. The van der Waals surface area contributed by atoms with Crippen molar-refractivity contribution in [3.8, 4) is 0 Å². The van der Waals surface area contributed by atoms with Crippen molar-refractivity contribution in [1.82, 2.24) is 10.6 Å². The first-order valence-corrected chi connectivity index (χ1v) is 7.14. The van der Waals surface area contributed by atoms with Gasteiger partial charge in [0.25, 0.3) is 0 Å². The quantitative estimate of drug-likeness (QED) is 0.627. The second-order valence-electron chi connectivity index (χ2n) is 4.99. The molecular weight excluding hydrogens is 246 g/mol. The highest BCUT2D eigenvalue weighted by atomic mass is 32.1. The SMILES string of the molecule is CN=C(NCCc1cccs1)NCC1(C)COC1. The van der Waals surface area contributed by atoms with Gasteiger partial charge in [-0.3, -0.25) is 4.99 Å². The van der Waals surface area contributed by atoms with Crippen LogP contribution in [0.4, 0.5) is 0 Å². The molecule has 100 valence electrons. The number of nitrogens with zero attached hydrogens (tertiary/aromatic N) is 1. The van der Waals surface area contributed by atoms with Crippen LogP contribution in [0.1, 0.15) is 11.8 Å². The summed E-state index contributed by atoms with van der Waals surface area (Å²) >= 11 is 1.80. The fourth-order valence-corrected chi connectivity index (χ4v) is 2.54. The van der Waals surface area contributed by atoms with Gasteiger partial charge in [0, 0.05) is 30.4 Å². The Morgan fingerprint density at radius 1 is 1.50 bits per heavy atom. The standard InChI is InChI=1S/C13H21N3OS/c1-13(9-17-10-13)8-16-12(14-2)15-6-5-11-4-3-7-18-11/h3-4,7H,5-6,8-10H2,1-2H3,(H2,14,15,16). The Balaban J connectivity index is 1.66. The summed E-state index contributed by atoms with van der Waals surface area (Å²) in [5.41, 5.74) is 0.269. The molecule has 0 radical (unpaired) electrons. The molecule has 18 heavy (non-hydrogen) atoms. The predicted octanol–water partition coefficient (Wildman–Crippen LogP) is 1.49. The van der Waals surface area contributed by atoms with E-state index in [4.69, 9.17) is 4.74 Å². The number of thiophene rings is 1. The summed E-state index contributed by atoms with van der Waals surface area (Å²) in [4.78, 5) is 5.63. The number of rotatable bonds is 5. The van der Waals surface area contributed by atoms with Gasteiger partial charge in [-0.05, 0) is 17.9 Å². The summed E-state index contributed by atoms with van der Waals surface area (Å²) in [6, 6.07) is 4.25. The fourth-order valence-electron chi connectivity index (χ4n) is 1.83. The average Bonchev–Trinajstić information content (AvgIpc) is 2.84. The van der Waals surface area contributed by atoms with E-state index >= 15 is 0 Å². The lowest BCUT2D eigenvalue weighted by Gasteiger charge is -2.38. The van der Waals surface area contributed by atoms with Gasteiger partial charge in [-0.15, -0.1) is 11.3 Å². The molecule has 0 aromatic carbocycles. The number of ether oxygens (including phenoxy) is 1. The lowest BCUT2D eigenvalue weighted by atomic mass is 9.89. The fraction of sp³-hybridized carbons (Fsp3) is 0.615. The summed E-state index contributed by atoms with van der Waals surface area (Å²) < 4.78 is 5.24. The van der Waals surface area contributed by atoms with Crippen LogP contribution in [0.25, 0.3) is 0 Å². The Hall–Kier alpha value is -1.07. The second-order valence-corrected chi connectivity index (χ2v) is 6.02. The Labute approximate surface area is 112 Å². The van der Waals surface area contributed by atoms with Crippen LogP contribution >= 0.6 is 11.3 Å². The van der Waals surface area contributed by atoms with E-state index in [1.165, 1.54) is 4.88 Å². The molecule has 2 heterocycles.